The third kappa shape index (κ3) is 6.98. The molecule has 0 spiro atoms. The van der Waals surface area contributed by atoms with Gasteiger partial charge >= 0.3 is 5.97 Å². The summed E-state index contributed by atoms with van der Waals surface area (Å²) >= 11 is 0. The van der Waals surface area contributed by atoms with Crippen LogP contribution in [-0.4, -0.2) is 27.5 Å². The summed E-state index contributed by atoms with van der Waals surface area (Å²) < 4.78 is 31.0. The van der Waals surface area contributed by atoms with E-state index in [1.54, 1.807) is 13.0 Å². The molecule has 0 saturated heterocycles. The van der Waals surface area contributed by atoms with Gasteiger partial charge in [0.25, 0.3) is 0 Å². The first-order valence-electron chi connectivity index (χ1n) is 9.65. The van der Waals surface area contributed by atoms with E-state index in [2.05, 4.69) is 15.0 Å². The normalized spacial score (nSPS) is 10.7. The van der Waals surface area contributed by atoms with Crippen molar-refractivity contribution in [3.8, 4) is 0 Å². The van der Waals surface area contributed by atoms with Crippen molar-refractivity contribution in [1.82, 2.24) is 15.0 Å². The number of nitrogens with zero attached hydrogens (tertiary/aromatic N) is 2. The maximum Gasteiger partial charge on any atom is 0.330 e. The Labute approximate surface area is 178 Å². The number of halogens is 2. The van der Waals surface area contributed by atoms with Crippen molar-refractivity contribution in [2.75, 3.05) is 12.3 Å². The maximum absolute atomic E-state index is 13.1. The van der Waals surface area contributed by atoms with E-state index in [0.717, 1.165) is 12.8 Å². The Balaban J connectivity index is 0.000000231. The number of anilines is 1. The zero-order valence-corrected chi connectivity index (χ0v) is 17.5. The number of ether oxygens (including phenoxy) is 1. The fourth-order valence-electron chi connectivity index (χ4n) is 2.41. The molecular formula is C22H24F2N4O3. The number of pyridine rings is 3. The van der Waals surface area contributed by atoms with Gasteiger partial charge in [-0.15, -0.1) is 0 Å². The Morgan fingerprint density at radius 2 is 1.84 bits per heavy atom. The Morgan fingerprint density at radius 1 is 1.16 bits per heavy atom. The van der Waals surface area contributed by atoms with Gasteiger partial charge in [-0.05, 0) is 32.4 Å². The topological polar surface area (TPSA) is 111 Å². The van der Waals surface area contributed by atoms with Crippen LogP contribution < -0.4 is 11.3 Å². The van der Waals surface area contributed by atoms with E-state index in [9.17, 15) is 18.4 Å². The number of esters is 1. The molecule has 0 aliphatic heterocycles. The SMILES string of the molecule is CCCCOC(=O)C=Cc1nc(C)c(F)cc1N.Cc1nc2ccc(=O)[nH]c2cc1F. The van der Waals surface area contributed by atoms with Crippen LogP contribution >= 0.6 is 0 Å². The van der Waals surface area contributed by atoms with Gasteiger partial charge in [-0.25, -0.2) is 23.5 Å². The van der Waals surface area contributed by atoms with Crippen molar-refractivity contribution in [2.24, 2.45) is 0 Å². The minimum Gasteiger partial charge on any atom is -0.463 e. The highest BCUT2D eigenvalue weighted by molar-refractivity contribution is 5.87. The molecule has 0 fully saturated rings. The van der Waals surface area contributed by atoms with Crippen LogP contribution in [0.15, 0.2) is 35.1 Å². The van der Waals surface area contributed by atoms with Crippen molar-refractivity contribution in [1.29, 1.82) is 0 Å². The summed E-state index contributed by atoms with van der Waals surface area (Å²) in [7, 11) is 0. The summed E-state index contributed by atoms with van der Waals surface area (Å²) in [5, 5.41) is 0. The number of nitrogens with one attached hydrogen (secondary N) is 1. The number of hydrogen-bond donors (Lipinski definition) is 2. The number of nitrogens with two attached hydrogens (primary N) is 1. The quantitative estimate of drug-likeness (QED) is 0.361. The first kappa shape index (κ1) is 23.7. The molecule has 0 aliphatic rings. The summed E-state index contributed by atoms with van der Waals surface area (Å²) in [6, 6.07) is 5.40. The third-order valence-corrected chi connectivity index (χ3v) is 4.16. The molecule has 0 radical (unpaired) electrons. The van der Waals surface area contributed by atoms with Crippen LogP contribution in [0.3, 0.4) is 0 Å². The zero-order valence-electron chi connectivity index (χ0n) is 17.5. The van der Waals surface area contributed by atoms with Crippen LogP contribution in [0.4, 0.5) is 14.5 Å². The fraction of sp³-hybridized carbons (Fsp3) is 0.273. The number of rotatable bonds is 5. The molecule has 0 aromatic carbocycles. The van der Waals surface area contributed by atoms with E-state index >= 15 is 0 Å². The molecule has 3 N–H and O–H groups in total. The van der Waals surface area contributed by atoms with Crippen LogP contribution in [0, 0.1) is 25.5 Å². The Bertz CT molecular complexity index is 1160. The average molecular weight is 430 g/mol. The van der Waals surface area contributed by atoms with E-state index in [-0.39, 0.29) is 16.9 Å². The molecular weight excluding hydrogens is 406 g/mol. The maximum atomic E-state index is 13.1. The number of H-pyrrole nitrogens is 1. The van der Waals surface area contributed by atoms with E-state index in [1.807, 2.05) is 6.92 Å². The van der Waals surface area contributed by atoms with Crippen LogP contribution in [0.5, 0.6) is 0 Å². The second-order valence-corrected chi connectivity index (χ2v) is 6.70. The molecule has 3 aromatic rings. The van der Waals surface area contributed by atoms with Crippen molar-refractivity contribution < 1.29 is 18.3 Å². The van der Waals surface area contributed by atoms with Crippen molar-refractivity contribution in [3.63, 3.8) is 0 Å². The number of aryl methyl sites for hydroxylation is 2. The molecule has 164 valence electrons. The predicted octanol–water partition coefficient (Wildman–Crippen LogP) is 3.84. The number of carbonyl (C=O) groups is 1. The third-order valence-electron chi connectivity index (χ3n) is 4.16. The Kier molecular flexibility index (Phi) is 8.36. The van der Waals surface area contributed by atoms with Gasteiger partial charge in [0.2, 0.25) is 5.56 Å². The second kappa shape index (κ2) is 11.0. The highest BCUT2D eigenvalue weighted by atomic mass is 19.1. The first-order valence-corrected chi connectivity index (χ1v) is 9.65. The Hall–Kier alpha value is -3.62. The molecule has 0 atom stereocenters. The Morgan fingerprint density at radius 3 is 2.55 bits per heavy atom. The van der Waals surface area contributed by atoms with Gasteiger partial charge in [-0.2, -0.15) is 0 Å². The number of aromatic nitrogens is 3. The molecule has 0 unspecified atom stereocenters. The summed E-state index contributed by atoms with van der Waals surface area (Å²) in [6.45, 7) is 5.52. The van der Waals surface area contributed by atoms with Gasteiger partial charge in [0, 0.05) is 24.3 Å². The summed E-state index contributed by atoms with van der Waals surface area (Å²) in [6.07, 6.45) is 4.46. The second-order valence-electron chi connectivity index (χ2n) is 6.70. The monoisotopic (exact) mass is 430 g/mol. The predicted molar refractivity (Wildman–Crippen MR) is 115 cm³/mol. The number of carbonyl (C=O) groups excluding carboxylic acids is 1. The summed E-state index contributed by atoms with van der Waals surface area (Å²) in [4.78, 5) is 32.6. The number of unbranched alkanes of at least 4 members (excludes halogenated alkanes) is 1. The minimum atomic E-state index is -0.463. The van der Waals surface area contributed by atoms with Crippen LogP contribution in [-0.2, 0) is 9.53 Å². The molecule has 3 rings (SSSR count). The van der Waals surface area contributed by atoms with Gasteiger partial charge in [-0.1, -0.05) is 13.3 Å². The highest BCUT2D eigenvalue weighted by Crippen LogP contribution is 2.15. The van der Waals surface area contributed by atoms with Crippen LogP contribution in [0.2, 0.25) is 0 Å². The number of hydrogen-bond acceptors (Lipinski definition) is 6. The van der Waals surface area contributed by atoms with E-state index in [1.165, 1.54) is 37.3 Å². The molecule has 3 aromatic heterocycles. The van der Waals surface area contributed by atoms with Gasteiger partial charge in [0.1, 0.15) is 11.6 Å². The van der Waals surface area contributed by atoms with Gasteiger partial charge in [0.05, 0.1) is 40.4 Å². The summed E-state index contributed by atoms with van der Waals surface area (Å²) in [5.74, 6) is -1.32. The van der Waals surface area contributed by atoms with Crippen LogP contribution in [0.1, 0.15) is 36.8 Å². The molecule has 31 heavy (non-hydrogen) atoms. The molecule has 0 bridgehead atoms. The molecule has 0 amide bonds. The molecule has 7 nitrogen and oxygen atoms in total. The lowest BCUT2D eigenvalue weighted by atomic mass is 10.2. The van der Waals surface area contributed by atoms with E-state index in [0.29, 0.717) is 29.0 Å². The average Bonchev–Trinajstić information content (AvgIpc) is 2.71. The van der Waals surface area contributed by atoms with E-state index < -0.39 is 17.6 Å². The lowest BCUT2D eigenvalue weighted by Gasteiger charge is -2.03. The van der Waals surface area contributed by atoms with Crippen LogP contribution in [0.25, 0.3) is 17.1 Å². The molecule has 3 heterocycles. The zero-order chi connectivity index (χ0) is 23.0. The standard InChI is InChI=1S/C13H17FN2O2.C9H7FN2O/c1-3-4-7-18-13(17)6-5-12-11(15)8-10(14)9(2)16-12;1-5-6(10)4-8-7(11-5)2-3-9(13)12-8/h5-6,8H,3-4,7,15H2,1-2H3;2-4H,1H3,(H,12,13). The lowest BCUT2D eigenvalue weighted by molar-refractivity contribution is -0.137. The van der Waals surface area contributed by atoms with Crippen molar-refractivity contribution in [3.05, 3.63) is 69.4 Å². The lowest BCUT2D eigenvalue weighted by Crippen LogP contribution is -2.04. The smallest absolute Gasteiger partial charge is 0.330 e. The molecule has 0 saturated carbocycles. The van der Waals surface area contributed by atoms with Gasteiger partial charge < -0.3 is 15.5 Å². The summed E-state index contributed by atoms with van der Waals surface area (Å²) in [5.41, 5.74) is 7.49. The minimum absolute atomic E-state index is 0.190. The fourth-order valence-corrected chi connectivity index (χ4v) is 2.41. The van der Waals surface area contributed by atoms with Crippen molar-refractivity contribution >= 4 is 28.8 Å². The largest absolute Gasteiger partial charge is 0.463 e. The highest BCUT2D eigenvalue weighted by Gasteiger charge is 2.05. The number of nitrogen functional groups attached to an aromatic ring is 1. The van der Waals surface area contributed by atoms with Gasteiger partial charge in [0.15, 0.2) is 0 Å². The van der Waals surface area contributed by atoms with Crippen molar-refractivity contribution in [2.45, 2.75) is 33.6 Å². The van der Waals surface area contributed by atoms with Gasteiger partial charge in [-0.3, -0.25) is 4.79 Å². The number of fused-ring (bicyclic) bond motifs is 1. The molecule has 9 heteroatoms. The molecule has 0 aliphatic carbocycles. The first-order chi connectivity index (χ1) is 14.7. The van der Waals surface area contributed by atoms with E-state index in [4.69, 9.17) is 10.5 Å². The number of aromatic amines is 1.